The van der Waals surface area contributed by atoms with Crippen LogP contribution in [0.1, 0.15) is 26.7 Å². The Morgan fingerprint density at radius 2 is 2.07 bits per heavy atom. The van der Waals surface area contributed by atoms with E-state index in [1.165, 1.54) is 6.92 Å². The summed E-state index contributed by atoms with van der Waals surface area (Å²) in [5, 5.41) is 19.8. The molecule has 0 heterocycles. The molecule has 0 rings (SSSR count). The zero-order valence-corrected chi connectivity index (χ0v) is 8.90. The minimum atomic E-state index is -1.43. The SMILES string of the molecule is CCCCOC(=O)NC(O)C(C)C(=O)O. The van der Waals surface area contributed by atoms with Gasteiger partial charge in [0.05, 0.1) is 12.5 Å². The van der Waals surface area contributed by atoms with Gasteiger partial charge in [0.2, 0.25) is 0 Å². The number of nitrogens with one attached hydrogen (secondary N) is 1. The van der Waals surface area contributed by atoms with Gasteiger partial charge in [0.25, 0.3) is 0 Å². The average Bonchev–Trinajstić information content (AvgIpc) is 2.16. The summed E-state index contributed by atoms with van der Waals surface area (Å²) in [6.45, 7) is 3.50. The van der Waals surface area contributed by atoms with Gasteiger partial charge in [0, 0.05) is 0 Å². The fourth-order valence-corrected chi connectivity index (χ4v) is 0.732. The smallest absolute Gasteiger partial charge is 0.409 e. The summed E-state index contributed by atoms with van der Waals surface area (Å²) < 4.78 is 4.68. The Balaban J connectivity index is 3.80. The van der Waals surface area contributed by atoms with Gasteiger partial charge in [-0.3, -0.25) is 10.1 Å². The van der Waals surface area contributed by atoms with Crippen LogP contribution >= 0.6 is 0 Å². The number of hydrogen-bond donors (Lipinski definition) is 3. The molecule has 2 atom stereocenters. The molecule has 0 aliphatic carbocycles. The Kier molecular flexibility index (Phi) is 6.44. The molecule has 15 heavy (non-hydrogen) atoms. The first-order valence-corrected chi connectivity index (χ1v) is 4.83. The van der Waals surface area contributed by atoms with Crippen LogP contribution in [-0.2, 0) is 9.53 Å². The molecule has 6 nitrogen and oxygen atoms in total. The predicted octanol–water partition coefficient (Wildman–Crippen LogP) is 0.552. The molecule has 0 aliphatic heterocycles. The molecule has 0 aliphatic rings. The third-order valence-electron chi connectivity index (χ3n) is 1.86. The lowest BCUT2D eigenvalue weighted by atomic mass is 10.1. The van der Waals surface area contributed by atoms with E-state index in [-0.39, 0.29) is 6.61 Å². The number of ether oxygens (including phenoxy) is 1. The molecule has 0 aromatic rings. The van der Waals surface area contributed by atoms with Gasteiger partial charge in [-0.1, -0.05) is 13.3 Å². The summed E-state index contributed by atoms with van der Waals surface area (Å²) in [6, 6.07) is 0. The molecule has 0 fully saturated rings. The minimum Gasteiger partial charge on any atom is -0.481 e. The number of aliphatic carboxylic acids is 1. The molecule has 0 radical (unpaired) electrons. The van der Waals surface area contributed by atoms with E-state index in [1.807, 2.05) is 12.2 Å². The lowest BCUT2D eigenvalue weighted by molar-refractivity contribution is -0.145. The summed E-state index contributed by atoms with van der Waals surface area (Å²) in [5.74, 6) is -2.25. The van der Waals surface area contributed by atoms with E-state index in [9.17, 15) is 14.7 Å². The van der Waals surface area contributed by atoms with E-state index in [4.69, 9.17) is 5.11 Å². The fourth-order valence-electron chi connectivity index (χ4n) is 0.732. The van der Waals surface area contributed by atoms with Crippen molar-refractivity contribution in [1.82, 2.24) is 5.32 Å². The lowest BCUT2D eigenvalue weighted by Crippen LogP contribution is -2.42. The molecule has 3 N–H and O–H groups in total. The number of alkyl carbamates (subject to hydrolysis) is 1. The number of carbonyl (C=O) groups excluding carboxylic acids is 1. The highest BCUT2D eigenvalue weighted by Crippen LogP contribution is 2.00. The number of rotatable bonds is 6. The van der Waals surface area contributed by atoms with Crippen molar-refractivity contribution in [2.45, 2.75) is 32.9 Å². The predicted molar refractivity (Wildman–Crippen MR) is 52.2 cm³/mol. The quantitative estimate of drug-likeness (QED) is 0.448. The normalized spacial score (nSPS) is 14.1. The van der Waals surface area contributed by atoms with Crippen molar-refractivity contribution in [2.75, 3.05) is 6.61 Å². The Labute approximate surface area is 88.2 Å². The van der Waals surface area contributed by atoms with Crippen molar-refractivity contribution in [3.8, 4) is 0 Å². The van der Waals surface area contributed by atoms with Gasteiger partial charge in [-0.05, 0) is 13.3 Å². The van der Waals surface area contributed by atoms with Crippen LogP contribution in [-0.4, -0.2) is 35.1 Å². The maximum Gasteiger partial charge on any atom is 0.409 e. The van der Waals surface area contributed by atoms with Crippen LogP contribution < -0.4 is 5.32 Å². The van der Waals surface area contributed by atoms with Gasteiger partial charge in [0.15, 0.2) is 0 Å². The van der Waals surface area contributed by atoms with E-state index in [0.29, 0.717) is 0 Å². The van der Waals surface area contributed by atoms with Crippen molar-refractivity contribution in [2.24, 2.45) is 5.92 Å². The molecule has 0 aromatic carbocycles. The van der Waals surface area contributed by atoms with Gasteiger partial charge >= 0.3 is 12.1 Å². The van der Waals surface area contributed by atoms with E-state index in [2.05, 4.69) is 4.74 Å². The Hall–Kier alpha value is -1.30. The topological polar surface area (TPSA) is 95.9 Å². The monoisotopic (exact) mass is 219 g/mol. The number of carboxylic acid groups (broad SMARTS) is 1. The zero-order valence-electron chi connectivity index (χ0n) is 8.90. The highest BCUT2D eigenvalue weighted by atomic mass is 16.6. The highest BCUT2D eigenvalue weighted by molar-refractivity contribution is 5.72. The van der Waals surface area contributed by atoms with Crippen molar-refractivity contribution in [3.63, 3.8) is 0 Å². The summed E-state index contributed by atoms with van der Waals surface area (Å²) >= 11 is 0. The first kappa shape index (κ1) is 13.7. The average molecular weight is 219 g/mol. The first-order valence-electron chi connectivity index (χ1n) is 4.83. The number of aliphatic hydroxyl groups is 1. The van der Waals surface area contributed by atoms with E-state index in [0.717, 1.165) is 12.8 Å². The fraction of sp³-hybridized carbons (Fsp3) is 0.778. The van der Waals surface area contributed by atoms with E-state index in [1.54, 1.807) is 0 Å². The number of carbonyl (C=O) groups is 2. The van der Waals surface area contributed by atoms with Crippen LogP contribution in [0.5, 0.6) is 0 Å². The minimum absolute atomic E-state index is 0.260. The third kappa shape index (κ3) is 5.90. The number of amides is 1. The summed E-state index contributed by atoms with van der Waals surface area (Å²) in [5.41, 5.74) is 0. The van der Waals surface area contributed by atoms with E-state index < -0.39 is 24.2 Å². The highest BCUT2D eigenvalue weighted by Gasteiger charge is 2.23. The molecule has 0 bridgehead atoms. The first-order chi connectivity index (χ1) is 6.99. The van der Waals surface area contributed by atoms with Crippen molar-refractivity contribution < 1.29 is 24.5 Å². The van der Waals surface area contributed by atoms with E-state index >= 15 is 0 Å². The molecule has 0 saturated heterocycles. The van der Waals surface area contributed by atoms with Crippen molar-refractivity contribution in [1.29, 1.82) is 0 Å². The van der Waals surface area contributed by atoms with Crippen LogP contribution in [0.4, 0.5) is 4.79 Å². The summed E-state index contributed by atoms with van der Waals surface area (Å²) in [7, 11) is 0. The number of aliphatic hydroxyl groups excluding tert-OH is 1. The van der Waals surface area contributed by atoms with Crippen LogP contribution in [0.15, 0.2) is 0 Å². The van der Waals surface area contributed by atoms with Crippen LogP contribution in [0, 0.1) is 5.92 Å². The molecule has 88 valence electrons. The molecule has 0 aromatic heterocycles. The van der Waals surface area contributed by atoms with Crippen LogP contribution in [0.2, 0.25) is 0 Å². The standard InChI is InChI=1S/C9H17NO5/c1-3-4-5-15-9(14)10-7(11)6(2)8(12)13/h6-7,11H,3-5H2,1-2H3,(H,10,14)(H,12,13). The Morgan fingerprint density at radius 3 is 2.53 bits per heavy atom. The van der Waals surface area contributed by atoms with Gasteiger partial charge < -0.3 is 14.9 Å². The summed E-state index contributed by atoms with van der Waals surface area (Å²) in [6.07, 6.45) is -0.611. The van der Waals surface area contributed by atoms with Crippen LogP contribution in [0.3, 0.4) is 0 Å². The number of carboxylic acids is 1. The molecule has 2 unspecified atom stereocenters. The molecular weight excluding hydrogens is 202 g/mol. The second kappa shape index (κ2) is 7.05. The number of hydrogen-bond acceptors (Lipinski definition) is 4. The Morgan fingerprint density at radius 1 is 1.47 bits per heavy atom. The molecule has 1 amide bonds. The molecular formula is C9H17NO5. The van der Waals surface area contributed by atoms with Crippen molar-refractivity contribution in [3.05, 3.63) is 0 Å². The van der Waals surface area contributed by atoms with Gasteiger partial charge in [0.1, 0.15) is 6.23 Å². The summed E-state index contributed by atoms with van der Waals surface area (Å²) in [4.78, 5) is 21.4. The largest absolute Gasteiger partial charge is 0.481 e. The number of unbranched alkanes of at least 4 members (excludes halogenated alkanes) is 1. The molecule has 0 saturated carbocycles. The third-order valence-corrected chi connectivity index (χ3v) is 1.86. The van der Waals surface area contributed by atoms with Gasteiger partial charge in [-0.25, -0.2) is 4.79 Å². The lowest BCUT2D eigenvalue weighted by Gasteiger charge is -2.16. The second-order valence-corrected chi connectivity index (χ2v) is 3.21. The maximum atomic E-state index is 11.0. The maximum absolute atomic E-state index is 11.0. The molecule has 6 heteroatoms. The van der Waals surface area contributed by atoms with Gasteiger partial charge in [-0.2, -0.15) is 0 Å². The molecule has 0 spiro atoms. The van der Waals surface area contributed by atoms with Gasteiger partial charge in [-0.15, -0.1) is 0 Å². The zero-order chi connectivity index (χ0) is 11.8. The van der Waals surface area contributed by atoms with Crippen LogP contribution in [0.25, 0.3) is 0 Å². The van der Waals surface area contributed by atoms with Crippen molar-refractivity contribution >= 4 is 12.1 Å². The second-order valence-electron chi connectivity index (χ2n) is 3.21. The Bertz CT molecular complexity index is 219.